The lowest BCUT2D eigenvalue weighted by molar-refractivity contribution is 0.740. The van der Waals surface area contributed by atoms with Gasteiger partial charge < -0.3 is 9.80 Å². The van der Waals surface area contributed by atoms with Crippen molar-refractivity contribution in [1.82, 2.24) is 0 Å². The molecule has 232 valence electrons. The molecule has 5 aromatic carbocycles. The van der Waals surface area contributed by atoms with Gasteiger partial charge in [0.25, 0.3) is 0 Å². The Balaban J connectivity index is 1.35. The first-order chi connectivity index (χ1) is 23.4. The minimum Gasteiger partial charge on any atom is -0.320 e. The number of benzene rings is 5. The molecule has 0 saturated carbocycles. The molecule has 0 spiro atoms. The average molecular weight is 621 g/mol. The third kappa shape index (κ3) is 3.67. The molecule has 0 N–H and O–H groups in total. The van der Waals surface area contributed by atoms with Crippen LogP contribution in [0.2, 0.25) is 0 Å². The van der Waals surface area contributed by atoms with Crippen LogP contribution in [0.1, 0.15) is 30.5 Å². The molecule has 0 saturated heterocycles. The maximum absolute atomic E-state index is 5.14. The molecular weight excluding hydrogens is 583 g/mol. The second kappa shape index (κ2) is 9.93. The number of nitrogens with zero attached hydrogens (tertiary/aromatic N) is 4. The standard InChI is InChI=1S/C43H37BN4/c1-24-20-25(2)43(26(3)21-24)44-32-14-10-12-30-38(47-27(4)45-34-16-6-8-18-36(34)47)22-29-23-39(48-28(5)46-35-17-7-9-19-37(35)48)31-13-11-15-33(44)42(31)40(29)41(30)32/h6-23,34-37H,1-5H3. The van der Waals surface area contributed by atoms with Gasteiger partial charge in [-0.15, -0.1) is 0 Å². The predicted molar refractivity (Wildman–Crippen MR) is 207 cm³/mol. The van der Waals surface area contributed by atoms with Gasteiger partial charge in [0.15, 0.2) is 0 Å². The van der Waals surface area contributed by atoms with Crippen molar-refractivity contribution < 1.29 is 0 Å². The van der Waals surface area contributed by atoms with Crippen molar-refractivity contribution in [1.29, 1.82) is 0 Å². The molecule has 5 heteroatoms. The van der Waals surface area contributed by atoms with E-state index in [2.05, 4.69) is 154 Å². The Kier molecular flexibility index (Phi) is 5.77. The van der Waals surface area contributed by atoms with Gasteiger partial charge in [-0.2, -0.15) is 0 Å². The fourth-order valence-electron chi connectivity index (χ4n) is 9.72. The zero-order valence-corrected chi connectivity index (χ0v) is 28.1. The van der Waals surface area contributed by atoms with E-state index in [-0.39, 0.29) is 30.9 Å². The average Bonchev–Trinajstić information content (AvgIpc) is 3.59. The molecule has 5 aliphatic rings. The summed E-state index contributed by atoms with van der Waals surface area (Å²) in [6.07, 6.45) is 17.7. The van der Waals surface area contributed by atoms with Crippen LogP contribution in [0.15, 0.2) is 119 Å². The van der Waals surface area contributed by atoms with Crippen LogP contribution in [0.25, 0.3) is 32.3 Å². The smallest absolute Gasteiger partial charge is 0.243 e. The highest BCUT2D eigenvalue weighted by Gasteiger charge is 2.39. The second-order valence-corrected chi connectivity index (χ2v) is 14.3. The summed E-state index contributed by atoms with van der Waals surface area (Å²) in [6.45, 7) is 11.3. The van der Waals surface area contributed by atoms with Crippen molar-refractivity contribution in [2.75, 3.05) is 9.80 Å². The molecule has 0 radical (unpaired) electrons. The summed E-state index contributed by atoms with van der Waals surface area (Å²) in [7, 11) is 0. The number of hydrogen-bond acceptors (Lipinski definition) is 4. The molecule has 3 aliphatic heterocycles. The van der Waals surface area contributed by atoms with Crippen molar-refractivity contribution in [2.24, 2.45) is 9.98 Å². The van der Waals surface area contributed by atoms with E-state index in [1.165, 1.54) is 76.8 Å². The van der Waals surface area contributed by atoms with Gasteiger partial charge in [-0.1, -0.05) is 130 Å². The second-order valence-electron chi connectivity index (χ2n) is 14.3. The van der Waals surface area contributed by atoms with E-state index >= 15 is 0 Å². The quantitative estimate of drug-likeness (QED) is 0.156. The van der Waals surface area contributed by atoms with Crippen molar-refractivity contribution >= 4 is 78.5 Å². The van der Waals surface area contributed by atoms with Gasteiger partial charge in [0, 0.05) is 10.8 Å². The molecule has 4 unspecified atom stereocenters. The molecular formula is C43H37BN4. The first-order valence-corrected chi connectivity index (χ1v) is 17.3. The van der Waals surface area contributed by atoms with Gasteiger partial charge in [0.1, 0.15) is 11.7 Å². The summed E-state index contributed by atoms with van der Waals surface area (Å²) >= 11 is 0. The van der Waals surface area contributed by atoms with E-state index in [0.717, 1.165) is 11.7 Å². The topological polar surface area (TPSA) is 31.2 Å². The zero-order valence-electron chi connectivity index (χ0n) is 28.1. The number of anilines is 2. The third-order valence-electron chi connectivity index (χ3n) is 11.4. The van der Waals surface area contributed by atoms with Gasteiger partial charge in [0.2, 0.25) is 6.71 Å². The van der Waals surface area contributed by atoms with Crippen LogP contribution >= 0.6 is 0 Å². The molecule has 4 atom stereocenters. The Morgan fingerprint density at radius 3 is 1.54 bits per heavy atom. The van der Waals surface area contributed by atoms with Crippen molar-refractivity contribution in [2.45, 2.75) is 58.8 Å². The van der Waals surface area contributed by atoms with E-state index in [1.807, 2.05) is 0 Å². The third-order valence-corrected chi connectivity index (χ3v) is 11.4. The number of aryl methyl sites for hydroxylation is 3. The monoisotopic (exact) mass is 620 g/mol. The molecule has 4 nitrogen and oxygen atoms in total. The number of rotatable bonds is 3. The van der Waals surface area contributed by atoms with Gasteiger partial charge >= 0.3 is 0 Å². The first kappa shape index (κ1) is 27.9. The Hall–Kier alpha value is -5.16. The maximum Gasteiger partial charge on any atom is 0.243 e. The van der Waals surface area contributed by atoms with Crippen molar-refractivity contribution in [3.05, 3.63) is 126 Å². The highest BCUT2D eigenvalue weighted by Crippen LogP contribution is 2.45. The fourth-order valence-corrected chi connectivity index (χ4v) is 9.72. The van der Waals surface area contributed by atoms with Crippen LogP contribution in [-0.2, 0) is 0 Å². The predicted octanol–water partition coefficient (Wildman–Crippen LogP) is 7.10. The summed E-state index contributed by atoms with van der Waals surface area (Å²) in [6, 6.07) is 24.3. The van der Waals surface area contributed by atoms with Crippen molar-refractivity contribution in [3.63, 3.8) is 0 Å². The van der Waals surface area contributed by atoms with Crippen LogP contribution in [0, 0.1) is 20.8 Å². The molecule has 5 aromatic rings. The van der Waals surface area contributed by atoms with Crippen LogP contribution in [-0.4, -0.2) is 42.6 Å². The van der Waals surface area contributed by atoms with Gasteiger partial charge in [-0.05, 0) is 68.3 Å². The fraction of sp³-hybridized carbons (Fsp3) is 0.209. The van der Waals surface area contributed by atoms with E-state index in [4.69, 9.17) is 9.98 Å². The Morgan fingerprint density at radius 2 is 1.04 bits per heavy atom. The SMILES string of the molecule is CC1=NC2C=CC=CC2N1c1cc2cc(N3C(C)=NC4C=CC=CC43)c3cccc4c3c2c2c(cccc12)B4c1c(C)cc(C)cc1C. The lowest BCUT2D eigenvalue weighted by Gasteiger charge is -2.34. The lowest BCUT2D eigenvalue weighted by atomic mass is 9.33. The van der Waals surface area contributed by atoms with E-state index in [0.29, 0.717) is 0 Å². The normalized spacial score (nSPS) is 23.3. The van der Waals surface area contributed by atoms with Crippen molar-refractivity contribution in [3.8, 4) is 0 Å². The molecule has 3 heterocycles. The number of hydrogen-bond donors (Lipinski definition) is 0. The van der Waals surface area contributed by atoms with Crippen LogP contribution in [0.4, 0.5) is 11.4 Å². The molecule has 0 amide bonds. The molecule has 48 heavy (non-hydrogen) atoms. The Bertz CT molecular complexity index is 2300. The number of allylic oxidation sites excluding steroid dienone is 4. The maximum atomic E-state index is 5.14. The van der Waals surface area contributed by atoms with Gasteiger partial charge in [0.05, 0.1) is 35.5 Å². The van der Waals surface area contributed by atoms with Gasteiger partial charge in [-0.3, -0.25) is 9.98 Å². The zero-order chi connectivity index (χ0) is 32.4. The summed E-state index contributed by atoms with van der Waals surface area (Å²) < 4.78 is 0. The summed E-state index contributed by atoms with van der Waals surface area (Å²) in [5.41, 5.74) is 10.7. The first-order valence-electron chi connectivity index (χ1n) is 17.3. The number of amidine groups is 2. The van der Waals surface area contributed by atoms with Gasteiger partial charge in [-0.25, -0.2) is 0 Å². The van der Waals surface area contributed by atoms with E-state index < -0.39 is 0 Å². The Morgan fingerprint density at radius 1 is 0.562 bits per heavy atom. The summed E-state index contributed by atoms with van der Waals surface area (Å²) in [4.78, 5) is 15.2. The molecule has 0 fully saturated rings. The molecule has 10 rings (SSSR count). The minimum absolute atomic E-state index is 0.122. The number of fused-ring (bicyclic) bond motifs is 2. The molecule has 0 bridgehead atoms. The largest absolute Gasteiger partial charge is 0.320 e. The summed E-state index contributed by atoms with van der Waals surface area (Å²) in [5, 5.41) is 7.99. The summed E-state index contributed by atoms with van der Waals surface area (Å²) in [5.74, 6) is 2.13. The highest BCUT2D eigenvalue weighted by molar-refractivity contribution is 7.00. The molecule has 2 aliphatic carbocycles. The van der Waals surface area contributed by atoms with Crippen LogP contribution < -0.4 is 26.2 Å². The Labute approximate surface area is 282 Å². The van der Waals surface area contributed by atoms with Crippen LogP contribution in [0.5, 0.6) is 0 Å². The molecule has 0 aromatic heterocycles. The number of aliphatic imine (C=N–C) groups is 2. The van der Waals surface area contributed by atoms with Crippen LogP contribution in [0.3, 0.4) is 0 Å². The minimum atomic E-state index is 0.122. The van der Waals surface area contributed by atoms with E-state index in [1.54, 1.807) is 0 Å². The highest BCUT2D eigenvalue weighted by atomic mass is 15.3. The lowest BCUT2D eigenvalue weighted by Crippen LogP contribution is -2.55. The van der Waals surface area contributed by atoms with E-state index in [9.17, 15) is 0 Å².